The molecule has 0 aliphatic rings. The monoisotopic (exact) mass is 329 g/mol. The van der Waals surface area contributed by atoms with Crippen LogP contribution in [0, 0.1) is 6.92 Å². The lowest BCUT2D eigenvalue weighted by atomic mass is 10.3. The van der Waals surface area contributed by atoms with E-state index in [9.17, 15) is 0 Å². The van der Waals surface area contributed by atoms with Crippen LogP contribution in [0.5, 0.6) is 0 Å². The number of hydrogen-bond acceptors (Lipinski definition) is 5. The number of hydrogen-bond donors (Lipinski definition) is 1. The summed E-state index contributed by atoms with van der Waals surface area (Å²) in [4.78, 5) is 13.7. The van der Waals surface area contributed by atoms with Gasteiger partial charge in [0, 0.05) is 25.1 Å². The molecule has 130 valence electrons. The Morgan fingerprint density at radius 2 is 2.17 bits per heavy atom. The van der Waals surface area contributed by atoms with E-state index in [1.54, 1.807) is 7.11 Å². The minimum Gasteiger partial charge on any atom is -0.383 e. The maximum Gasteiger partial charge on any atom is 0.154 e. The van der Waals surface area contributed by atoms with Crippen molar-refractivity contribution >= 4 is 22.6 Å². The molecule has 2 heterocycles. The summed E-state index contributed by atoms with van der Waals surface area (Å²) in [5, 5.41) is 3.43. The number of rotatable bonds is 7. The zero-order chi connectivity index (χ0) is 17.7. The van der Waals surface area contributed by atoms with Gasteiger partial charge in [0.05, 0.1) is 24.4 Å². The van der Waals surface area contributed by atoms with E-state index in [0.29, 0.717) is 13.2 Å². The van der Waals surface area contributed by atoms with E-state index < -0.39 is 0 Å². The molecule has 0 unspecified atom stereocenters. The average molecular weight is 329 g/mol. The first-order chi connectivity index (χ1) is 11.4. The van der Waals surface area contributed by atoms with Crippen LogP contribution in [0.4, 0.5) is 5.82 Å². The van der Waals surface area contributed by atoms with E-state index in [-0.39, 0.29) is 6.04 Å². The third-order valence-electron chi connectivity index (χ3n) is 3.55. The summed E-state index contributed by atoms with van der Waals surface area (Å²) < 4.78 is 7.35. The predicted octanol–water partition coefficient (Wildman–Crippen LogP) is 3.57. The number of nitrogens with one attached hydrogen (secondary N) is 1. The van der Waals surface area contributed by atoms with Crippen molar-refractivity contribution in [3.63, 3.8) is 0 Å². The van der Waals surface area contributed by atoms with E-state index >= 15 is 0 Å². The molecule has 24 heavy (non-hydrogen) atoms. The Balaban J connectivity index is 2.43. The van der Waals surface area contributed by atoms with Gasteiger partial charge in [0.25, 0.3) is 0 Å². The van der Waals surface area contributed by atoms with Gasteiger partial charge in [-0.2, -0.15) is 0 Å². The van der Waals surface area contributed by atoms with Crippen molar-refractivity contribution < 1.29 is 4.74 Å². The van der Waals surface area contributed by atoms with Crippen molar-refractivity contribution in [2.24, 2.45) is 4.99 Å². The SMILES string of the molecule is C/C=C(/Cn1ccc2nc(C)nc(N[C@@H](C)COC)c21)N=C(C)C. The lowest BCUT2D eigenvalue weighted by Gasteiger charge is -2.16. The molecule has 0 spiro atoms. The van der Waals surface area contributed by atoms with Gasteiger partial charge in [0.2, 0.25) is 0 Å². The van der Waals surface area contributed by atoms with E-state index in [4.69, 9.17) is 4.74 Å². The first-order valence-electron chi connectivity index (χ1n) is 8.20. The minimum atomic E-state index is 0.160. The van der Waals surface area contributed by atoms with Crippen LogP contribution in [-0.4, -0.2) is 40.0 Å². The van der Waals surface area contributed by atoms with Gasteiger partial charge in [-0.05, 0) is 40.7 Å². The van der Waals surface area contributed by atoms with Gasteiger partial charge in [-0.25, -0.2) is 9.97 Å². The van der Waals surface area contributed by atoms with E-state index in [0.717, 1.165) is 34.1 Å². The molecule has 1 atom stereocenters. The molecule has 2 aromatic rings. The molecule has 2 aromatic heterocycles. The zero-order valence-corrected chi connectivity index (χ0v) is 15.4. The zero-order valence-electron chi connectivity index (χ0n) is 15.4. The maximum absolute atomic E-state index is 5.22. The summed E-state index contributed by atoms with van der Waals surface area (Å²) in [6.45, 7) is 11.3. The van der Waals surface area contributed by atoms with Crippen LogP contribution in [0.3, 0.4) is 0 Å². The molecule has 0 aliphatic carbocycles. The molecule has 0 amide bonds. The van der Waals surface area contributed by atoms with Gasteiger partial charge < -0.3 is 14.6 Å². The normalized spacial score (nSPS) is 13.2. The Hall–Kier alpha value is -2.21. The molecule has 1 N–H and O–H groups in total. The van der Waals surface area contributed by atoms with Crippen LogP contribution >= 0.6 is 0 Å². The standard InChI is InChI=1S/C18H27N5O/c1-7-15(19-12(2)3)10-23-9-8-16-17(23)18(22-14(5)21-16)20-13(4)11-24-6/h7-9,13H,10-11H2,1-6H3,(H,20,21,22)/b15-7-/t13-/m0/s1. The highest BCUT2D eigenvalue weighted by Crippen LogP contribution is 2.23. The van der Waals surface area contributed by atoms with E-state index in [1.165, 1.54) is 0 Å². The molecule has 0 radical (unpaired) electrons. The number of anilines is 1. The van der Waals surface area contributed by atoms with E-state index in [1.807, 2.05) is 46.0 Å². The van der Waals surface area contributed by atoms with Crippen LogP contribution in [0.1, 0.15) is 33.5 Å². The van der Waals surface area contributed by atoms with Crippen LogP contribution < -0.4 is 5.32 Å². The fourth-order valence-electron chi connectivity index (χ4n) is 2.63. The molecular formula is C18H27N5O. The van der Waals surface area contributed by atoms with Gasteiger partial charge in [0.15, 0.2) is 5.82 Å². The lowest BCUT2D eigenvalue weighted by molar-refractivity contribution is 0.190. The van der Waals surface area contributed by atoms with Crippen molar-refractivity contribution in [1.82, 2.24) is 14.5 Å². The predicted molar refractivity (Wildman–Crippen MR) is 99.8 cm³/mol. The molecule has 0 aliphatic heterocycles. The van der Waals surface area contributed by atoms with Gasteiger partial charge in [-0.1, -0.05) is 6.08 Å². The molecule has 0 bridgehead atoms. The Labute approximate surface area is 143 Å². The number of aliphatic imine (C=N–C) groups is 1. The Morgan fingerprint density at radius 3 is 2.79 bits per heavy atom. The quantitative estimate of drug-likeness (QED) is 0.789. The highest BCUT2D eigenvalue weighted by molar-refractivity contribution is 5.87. The molecule has 6 nitrogen and oxygen atoms in total. The number of aromatic nitrogens is 3. The van der Waals surface area contributed by atoms with Gasteiger partial charge in [-0.3, -0.25) is 4.99 Å². The summed E-state index contributed by atoms with van der Waals surface area (Å²) in [5.41, 5.74) is 3.98. The second-order valence-corrected chi connectivity index (χ2v) is 6.14. The second kappa shape index (κ2) is 8.06. The van der Waals surface area contributed by atoms with Gasteiger partial charge >= 0.3 is 0 Å². The van der Waals surface area contributed by atoms with Crippen LogP contribution in [0.15, 0.2) is 29.0 Å². The number of allylic oxidation sites excluding steroid dienone is 2. The van der Waals surface area contributed by atoms with Crippen molar-refractivity contribution in [2.45, 2.75) is 47.2 Å². The largest absolute Gasteiger partial charge is 0.383 e. The molecule has 0 aromatic carbocycles. The molecule has 0 fully saturated rings. The van der Waals surface area contributed by atoms with E-state index in [2.05, 4.69) is 31.8 Å². The van der Waals surface area contributed by atoms with Gasteiger partial charge in [0.1, 0.15) is 11.3 Å². The maximum atomic E-state index is 5.22. The summed E-state index contributed by atoms with van der Waals surface area (Å²) >= 11 is 0. The first-order valence-corrected chi connectivity index (χ1v) is 8.20. The van der Waals surface area contributed by atoms with Crippen LogP contribution in [0.2, 0.25) is 0 Å². The topological polar surface area (TPSA) is 64.3 Å². The lowest BCUT2D eigenvalue weighted by Crippen LogP contribution is -2.22. The molecule has 0 saturated heterocycles. The number of fused-ring (bicyclic) bond motifs is 1. The smallest absolute Gasteiger partial charge is 0.154 e. The minimum absolute atomic E-state index is 0.160. The van der Waals surface area contributed by atoms with Crippen molar-refractivity contribution in [2.75, 3.05) is 19.0 Å². The average Bonchev–Trinajstić information content (AvgIpc) is 2.89. The Bertz CT molecular complexity index is 756. The molecular weight excluding hydrogens is 302 g/mol. The third kappa shape index (κ3) is 4.41. The highest BCUT2D eigenvalue weighted by Gasteiger charge is 2.13. The summed E-state index contributed by atoms with van der Waals surface area (Å²) in [6, 6.07) is 2.18. The molecule has 2 rings (SSSR count). The highest BCUT2D eigenvalue weighted by atomic mass is 16.5. The molecule has 0 saturated carbocycles. The van der Waals surface area contributed by atoms with Crippen molar-refractivity contribution in [3.8, 4) is 0 Å². The summed E-state index contributed by atoms with van der Waals surface area (Å²) in [5.74, 6) is 1.58. The summed E-state index contributed by atoms with van der Waals surface area (Å²) in [6.07, 6.45) is 4.07. The number of nitrogens with zero attached hydrogens (tertiary/aromatic N) is 4. The fourth-order valence-corrected chi connectivity index (χ4v) is 2.63. The Morgan fingerprint density at radius 1 is 1.42 bits per heavy atom. The number of methoxy groups -OCH3 is 1. The first kappa shape index (κ1) is 18.1. The second-order valence-electron chi connectivity index (χ2n) is 6.14. The number of aryl methyl sites for hydroxylation is 1. The third-order valence-corrected chi connectivity index (χ3v) is 3.55. The van der Waals surface area contributed by atoms with Gasteiger partial charge in [-0.15, -0.1) is 0 Å². The van der Waals surface area contributed by atoms with Crippen LogP contribution in [-0.2, 0) is 11.3 Å². The summed E-state index contributed by atoms with van der Waals surface area (Å²) in [7, 11) is 1.70. The van der Waals surface area contributed by atoms with Crippen molar-refractivity contribution in [1.29, 1.82) is 0 Å². The molecule has 6 heteroatoms. The van der Waals surface area contributed by atoms with Crippen LogP contribution in [0.25, 0.3) is 11.0 Å². The fraction of sp³-hybridized carbons (Fsp3) is 0.500. The number of ether oxygens (including phenoxy) is 1. The van der Waals surface area contributed by atoms with Crippen molar-refractivity contribution in [3.05, 3.63) is 29.9 Å². The Kier molecular flexibility index (Phi) is 6.09.